The van der Waals surface area contributed by atoms with Crippen molar-refractivity contribution in [2.75, 3.05) is 56.9 Å². The average molecular weight is 777 g/mol. The number of phenols is 4. The number of aromatic hydroxyl groups is 4. The summed E-state index contributed by atoms with van der Waals surface area (Å²) >= 11 is 0. The van der Waals surface area contributed by atoms with Crippen molar-refractivity contribution in [3.63, 3.8) is 0 Å². The molecular formula is C44H56O12. The second kappa shape index (κ2) is 17.1. The zero-order valence-electron chi connectivity index (χ0n) is 34.5. The van der Waals surface area contributed by atoms with Crippen molar-refractivity contribution in [1.82, 2.24) is 0 Å². The summed E-state index contributed by atoms with van der Waals surface area (Å²) in [6.07, 6.45) is 2.99. The molecule has 0 aliphatic heterocycles. The molecule has 0 heterocycles. The van der Waals surface area contributed by atoms with Crippen LogP contribution in [0, 0.1) is 23.7 Å². The van der Waals surface area contributed by atoms with Crippen LogP contribution in [0.25, 0.3) is 22.3 Å². The summed E-state index contributed by atoms with van der Waals surface area (Å²) in [6, 6.07) is 7.21. The van der Waals surface area contributed by atoms with Crippen molar-refractivity contribution in [3.05, 3.63) is 46.5 Å². The summed E-state index contributed by atoms with van der Waals surface area (Å²) in [6.45, 7) is 8.75. The van der Waals surface area contributed by atoms with Gasteiger partial charge in [0.05, 0.1) is 56.9 Å². The van der Waals surface area contributed by atoms with Crippen molar-refractivity contribution in [3.8, 4) is 91.2 Å². The fraction of sp³-hybridized carbons (Fsp3) is 0.455. The number of ether oxygens (including phenoxy) is 8. The Hall–Kier alpha value is -5.52. The van der Waals surface area contributed by atoms with Crippen LogP contribution in [0.1, 0.15) is 49.9 Å². The molecule has 0 saturated heterocycles. The van der Waals surface area contributed by atoms with Gasteiger partial charge in [0.2, 0.25) is 23.0 Å². The number of phenolic OH excluding ortho intramolecular Hbond substituents is 4. The second-order valence-corrected chi connectivity index (χ2v) is 14.7. The molecule has 6 rings (SSSR count). The second-order valence-electron chi connectivity index (χ2n) is 14.7. The van der Waals surface area contributed by atoms with E-state index in [9.17, 15) is 20.4 Å². The van der Waals surface area contributed by atoms with Gasteiger partial charge in [-0.1, -0.05) is 27.7 Å². The molecule has 4 aromatic rings. The van der Waals surface area contributed by atoms with E-state index in [0.717, 1.165) is 47.9 Å². The van der Waals surface area contributed by atoms with Crippen LogP contribution < -0.4 is 37.9 Å². The minimum Gasteiger partial charge on any atom is -0.504 e. The number of methoxy groups -OCH3 is 8. The van der Waals surface area contributed by atoms with Gasteiger partial charge in [0.1, 0.15) is 0 Å². The first-order valence-electron chi connectivity index (χ1n) is 18.6. The Morgan fingerprint density at radius 2 is 0.625 bits per heavy atom. The van der Waals surface area contributed by atoms with Crippen molar-refractivity contribution >= 4 is 0 Å². The van der Waals surface area contributed by atoms with Gasteiger partial charge < -0.3 is 58.3 Å². The zero-order valence-corrected chi connectivity index (χ0v) is 34.5. The molecule has 0 aromatic heterocycles. The Balaban J connectivity index is 0.000000214. The Morgan fingerprint density at radius 1 is 0.357 bits per heavy atom. The lowest BCUT2D eigenvalue weighted by atomic mass is 9.77. The largest absolute Gasteiger partial charge is 0.504 e. The number of fused-ring (bicyclic) bond motifs is 6. The SMILES string of the molecule is COc1cc2c(c(O)c1OC)-c1c(cc(O)c(OC)c1OC)C[C@@H](C)[C@@H](C)C2.COc1cc2c(c(O)c1OC)-c1c(cc(O)c(OC)c1OC)C[C@H](C)[C@H](C)C2. The fourth-order valence-corrected chi connectivity index (χ4v) is 8.14. The van der Waals surface area contributed by atoms with Crippen molar-refractivity contribution < 1.29 is 58.3 Å². The Bertz CT molecular complexity index is 1920. The van der Waals surface area contributed by atoms with Crippen molar-refractivity contribution in [2.24, 2.45) is 23.7 Å². The third-order valence-corrected chi connectivity index (χ3v) is 11.5. The van der Waals surface area contributed by atoms with Gasteiger partial charge >= 0.3 is 0 Å². The Kier molecular flexibility index (Phi) is 12.7. The molecule has 4 atom stereocenters. The molecule has 0 amide bonds. The average Bonchev–Trinajstić information content (AvgIpc) is 3.17. The van der Waals surface area contributed by atoms with Crippen molar-refractivity contribution in [1.29, 1.82) is 0 Å². The maximum Gasteiger partial charge on any atom is 0.203 e. The van der Waals surface area contributed by atoms with Gasteiger partial charge in [-0.25, -0.2) is 0 Å². The molecule has 4 aromatic carbocycles. The maximum absolute atomic E-state index is 11.2. The number of hydrogen-bond acceptors (Lipinski definition) is 12. The van der Waals surface area contributed by atoms with Gasteiger partial charge in [0.25, 0.3) is 0 Å². The third-order valence-electron chi connectivity index (χ3n) is 11.5. The molecule has 12 heteroatoms. The molecule has 0 bridgehead atoms. The van der Waals surface area contributed by atoms with E-state index in [1.165, 1.54) is 42.7 Å². The summed E-state index contributed by atoms with van der Waals surface area (Å²) in [7, 11) is 12.1. The van der Waals surface area contributed by atoms with Gasteiger partial charge in [-0.3, -0.25) is 0 Å². The van der Waals surface area contributed by atoms with Gasteiger partial charge in [-0.05, 0) is 95.9 Å². The van der Waals surface area contributed by atoms with Gasteiger partial charge in [0, 0.05) is 22.3 Å². The Labute approximate surface area is 329 Å². The van der Waals surface area contributed by atoms with E-state index in [1.807, 2.05) is 12.1 Å². The van der Waals surface area contributed by atoms with Gasteiger partial charge in [0.15, 0.2) is 46.0 Å². The molecule has 0 spiro atoms. The highest BCUT2D eigenvalue weighted by Gasteiger charge is 2.34. The minimum atomic E-state index is -0.00843. The van der Waals surface area contributed by atoms with Gasteiger partial charge in [-0.15, -0.1) is 0 Å². The lowest BCUT2D eigenvalue weighted by Crippen LogP contribution is -2.18. The fourth-order valence-electron chi connectivity index (χ4n) is 8.14. The van der Waals surface area contributed by atoms with E-state index in [0.29, 0.717) is 68.9 Å². The van der Waals surface area contributed by atoms with E-state index in [4.69, 9.17) is 37.9 Å². The van der Waals surface area contributed by atoms with Crippen LogP contribution in [-0.2, 0) is 25.7 Å². The van der Waals surface area contributed by atoms with E-state index in [2.05, 4.69) is 27.7 Å². The predicted octanol–water partition coefficient (Wildman–Crippen LogP) is 8.34. The highest BCUT2D eigenvalue weighted by Crippen LogP contribution is 2.57. The molecule has 304 valence electrons. The standard InChI is InChI=1S/2C22H28O6/c2*1-11-7-13-9-15(23)20(26-4)22(28-6)18(13)17-14(8-12(11)2)10-16(25-3)21(27-5)19(17)24/h2*9-12,23-24H,7-8H2,1-6H3/t2*11-,12+/m10/s1. The van der Waals surface area contributed by atoms with Gasteiger partial charge in [-0.2, -0.15) is 0 Å². The summed E-state index contributed by atoms with van der Waals surface area (Å²) < 4.78 is 43.8. The van der Waals surface area contributed by atoms with Crippen LogP contribution in [-0.4, -0.2) is 77.3 Å². The van der Waals surface area contributed by atoms with E-state index < -0.39 is 0 Å². The molecule has 56 heavy (non-hydrogen) atoms. The molecule has 0 fully saturated rings. The number of rotatable bonds is 8. The normalized spacial score (nSPS) is 18.4. The first-order chi connectivity index (χ1) is 26.7. The van der Waals surface area contributed by atoms with Crippen LogP contribution in [0.4, 0.5) is 0 Å². The lowest BCUT2D eigenvalue weighted by molar-refractivity contribution is 0.326. The van der Waals surface area contributed by atoms with Crippen LogP contribution in [0.2, 0.25) is 0 Å². The first kappa shape index (κ1) is 41.6. The molecule has 12 nitrogen and oxygen atoms in total. The predicted molar refractivity (Wildman–Crippen MR) is 214 cm³/mol. The van der Waals surface area contributed by atoms with Crippen LogP contribution in [0.15, 0.2) is 24.3 Å². The highest BCUT2D eigenvalue weighted by molar-refractivity contribution is 5.89. The third kappa shape index (κ3) is 7.29. The van der Waals surface area contributed by atoms with Crippen LogP contribution >= 0.6 is 0 Å². The lowest BCUT2D eigenvalue weighted by Gasteiger charge is -2.29. The first-order valence-corrected chi connectivity index (χ1v) is 18.6. The molecule has 2 aliphatic carbocycles. The van der Waals surface area contributed by atoms with E-state index >= 15 is 0 Å². The topological polar surface area (TPSA) is 155 Å². The molecule has 4 N–H and O–H groups in total. The van der Waals surface area contributed by atoms with E-state index in [1.54, 1.807) is 26.4 Å². The summed E-state index contributed by atoms with van der Waals surface area (Å²) in [4.78, 5) is 0. The number of hydrogen-bond donors (Lipinski definition) is 4. The summed E-state index contributed by atoms with van der Waals surface area (Å²) in [5.41, 5.74) is 6.32. The molecule has 0 radical (unpaired) electrons. The maximum atomic E-state index is 11.2. The minimum absolute atomic E-state index is 0.00843. The quantitative estimate of drug-likeness (QED) is 0.136. The molecule has 2 aliphatic rings. The molecular weight excluding hydrogens is 720 g/mol. The van der Waals surface area contributed by atoms with Crippen LogP contribution in [0.5, 0.6) is 69.0 Å². The van der Waals surface area contributed by atoms with Crippen molar-refractivity contribution in [2.45, 2.75) is 53.4 Å². The zero-order chi connectivity index (χ0) is 41.2. The Morgan fingerprint density at radius 3 is 0.875 bits per heavy atom. The molecule has 0 unspecified atom stereocenters. The highest BCUT2D eigenvalue weighted by atomic mass is 16.5. The number of benzene rings is 4. The summed E-state index contributed by atoms with van der Waals surface area (Å²) in [5, 5.41) is 43.3. The molecule has 0 saturated carbocycles. The summed E-state index contributed by atoms with van der Waals surface area (Å²) in [5.74, 6) is 4.20. The smallest absolute Gasteiger partial charge is 0.203 e. The monoisotopic (exact) mass is 776 g/mol. The van der Waals surface area contributed by atoms with E-state index in [-0.39, 0.29) is 46.0 Å². The van der Waals surface area contributed by atoms with Crippen LogP contribution in [0.3, 0.4) is 0 Å².